The maximum absolute atomic E-state index is 9.95. The van der Waals surface area contributed by atoms with Crippen LogP contribution in [0.4, 0.5) is 0 Å². The second kappa shape index (κ2) is 4.00. The van der Waals surface area contributed by atoms with Gasteiger partial charge < -0.3 is 5.11 Å². The molecule has 0 spiro atoms. The van der Waals surface area contributed by atoms with Gasteiger partial charge in [-0.05, 0) is 25.5 Å². The van der Waals surface area contributed by atoms with Crippen molar-refractivity contribution in [3.63, 3.8) is 0 Å². The molecular weight excluding hydrogens is 198 g/mol. The molecule has 3 heteroatoms. The average molecular weight is 210 g/mol. The second-order valence-corrected chi connectivity index (χ2v) is 4.00. The number of halogens is 1. The molecule has 0 bridgehead atoms. The van der Waals surface area contributed by atoms with Crippen molar-refractivity contribution in [1.29, 1.82) is 5.26 Å². The highest BCUT2D eigenvalue weighted by molar-refractivity contribution is 6.31. The Labute approximate surface area is 88.7 Å². The van der Waals surface area contributed by atoms with E-state index >= 15 is 0 Å². The number of nitrogens with zero attached hydrogens (tertiary/aromatic N) is 1. The topological polar surface area (TPSA) is 44.0 Å². The van der Waals surface area contributed by atoms with E-state index in [2.05, 4.69) is 0 Å². The molecule has 0 saturated heterocycles. The number of hydrogen-bond acceptors (Lipinski definition) is 2. The first-order valence-corrected chi connectivity index (χ1v) is 4.71. The minimum atomic E-state index is -1.17. The van der Waals surface area contributed by atoms with E-state index in [1.165, 1.54) is 0 Å². The van der Waals surface area contributed by atoms with Crippen LogP contribution in [0.5, 0.6) is 0 Å². The van der Waals surface area contributed by atoms with Crippen LogP contribution in [0, 0.1) is 18.3 Å². The molecule has 1 aromatic rings. The van der Waals surface area contributed by atoms with Gasteiger partial charge in [-0.1, -0.05) is 23.7 Å². The lowest BCUT2D eigenvalue weighted by Gasteiger charge is -2.21. The molecular formula is C11H12ClNO. The van der Waals surface area contributed by atoms with Crippen LogP contribution in [0.25, 0.3) is 0 Å². The summed E-state index contributed by atoms with van der Waals surface area (Å²) in [5.74, 6) is 0. The highest BCUT2D eigenvalue weighted by Gasteiger charge is 2.25. The maximum atomic E-state index is 9.95. The summed E-state index contributed by atoms with van der Waals surface area (Å²) in [6.45, 7) is 3.52. The van der Waals surface area contributed by atoms with Crippen LogP contribution in [0.3, 0.4) is 0 Å². The maximum Gasteiger partial charge on any atom is 0.101 e. The lowest BCUT2D eigenvalue weighted by atomic mass is 9.92. The summed E-state index contributed by atoms with van der Waals surface area (Å²) in [5.41, 5.74) is 0.470. The predicted octanol–water partition coefficient (Wildman–Crippen LogP) is 2.77. The molecule has 0 radical (unpaired) electrons. The Morgan fingerprint density at radius 1 is 1.57 bits per heavy atom. The molecule has 0 fully saturated rings. The van der Waals surface area contributed by atoms with Crippen LogP contribution in [0.15, 0.2) is 18.2 Å². The third kappa shape index (κ3) is 2.25. The lowest BCUT2D eigenvalue weighted by molar-refractivity contribution is 0.0625. The van der Waals surface area contributed by atoms with E-state index in [1.54, 1.807) is 19.1 Å². The summed E-state index contributed by atoms with van der Waals surface area (Å²) >= 11 is 5.98. The molecule has 1 rings (SSSR count). The molecule has 0 heterocycles. The zero-order valence-corrected chi connectivity index (χ0v) is 8.97. The number of aryl methyl sites for hydroxylation is 1. The van der Waals surface area contributed by atoms with Gasteiger partial charge in [0.1, 0.15) is 5.60 Å². The van der Waals surface area contributed by atoms with Crippen LogP contribution in [-0.2, 0) is 5.60 Å². The predicted molar refractivity (Wildman–Crippen MR) is 56.0 cm³/mol. The van der Waals surface area contributed by atoms with E-state index in [1.807, 2.05) is 19.1 Å². The van der Waals surface area contributed by atoms with Gasteiger partial charge in [0, 0.05) is 10.6 Å². The number of hydrogen-bond donors (Lipinski definition) is 1. The molecule has 1 N–H and O–H groups in total. The van der Waals surface area contributed by atoms with Gasteiger partial charge in [-0.15, -0.1) is 0 Å². The van der Waals surface area contributed by atoms with Crippen molar-refractivity contribution in [1.82, 2.24) is 0 Å². The van der Waals surface area contributed by atoms with Gasteiger partial charge in [-0.2, -0.15) is 5.26 Å². The molecule has 0 aliphatic heterocycles. The van der Waals surface area contributed by atoms with Crippen LogP contribution in [0.1, 0.15) is 24.5 Å². The van der Waals surface area contributed by atoms with Crippen molar-refractivity contribution in [2.75, 3.05) is 0 Å². The summed E-state index contributed by atoms with van der Waals surface area (Å²) < 4.78 is 0. The van der Waals surface area contributed by atoms with Gasteiger partial charge >= 0.3 is 0 Å². The molecule has 0 aliphatic carbocycles. The van der Waals surface area contributed by atoms with Crippen LogP contribution < -0.4 is 0 Å². The summed E-state index contributed by atoms with van der Waals surface area (Å²) in [6.07, 6.45) is 0.0375. The molecule has 2 nitrogen and oxygen atoms in total. The van der Waals surface area contributed by atoms with Crippen LogP contribution in [-0.4, -0.2) is 5.11 Å². The zero-order chi connectivity index (χ0) is 10.8. The van der Waals surface area contributed by atoms with Gasteiger partial charge in [0.05, 0.1) is 12.5 Å². The molecule has 0 amide bonds. The van der Waals surface area contributed by atoms with E-state index < -0.39 is 5.60 Å². The average Bonchev–Trinajstić information content (AvgIpc) is 2.02. The van der Waals surface area contributed by atoms with Crippen molar-refractivity contribution in [2.45, 2.75) is 25.9 Å². The van der Waals surface area contributed by atoms with Crippen LogP contribution in [0.2, 0.25) is 5.02 Å². The van der Waals surface area contributed by atoms with Crippen LogP contribution >= 0.6 is 11.6 Å². The molecule has 1 aromatic carbocycles. The SMILES string of the molecule is Cc1ccc(C(C)(O)CC#N)c(Cl)c1. The lowest BCUT2D eigenvalue weighted by Crippen LogP contribution is -2.20. The molecule has 0 aromatic heterocycles. The smallest absolute Gasteiger partial charge is 0.101 e. The van der Waals surface area contributed by atoms with E-state index in [0.29, 0.717) is 10.6 Å². The number of nitriles is 1. The summed E-state index contributed by atoms with van der Waals surface area (Å²) in [7, 11) is 0. The van der Waals surface area contributed by atoms with Gasteiger partial charge in [-0.25, -0.2) is 0 Å². The first-order valence-electron chi connectivity index (χ1n) is 4.33. The standard InChI is InChI=1S/C11H12ClNO/c1-8-3-4-9(10(12)7-8)11(2,14)5-6-13/h3-4,7,14H,5H2,1-2H3. The Bertz CT molecular complexity index is 379. The fourth-order valence-electron chi connectivity index (χ4n) is 1.31. The number of rotatable bonds is 2. The van der Waals surface area contributed by atoms with E-state index in [9.17, 15) is 5.11 Å². The third-order valence-electron chi connectivity index (χ3n) is 2.13. The molecule has 1 unspecified atom stereocenters. The molecule has 0 saturated carbocycles. The van der Waals surface area contributed by atoms with Crippen molar-refractivity contribution >= 4 is 11.6 Å². The highest BCUT2D eigenvalue weighted by atomic mass is 35.5. The molecule has 74 valence electrons. The van der Waals surface area contributed by atoms with E-state index in [-0.39, 0.29) is 6.42 Å². The Morgan fingerprint density at radius 2 is 2.21 bits per heavy atom. The number of benzene rings is 1. The minimum absolute atomic E-state index is 0.0375. The Kier molecular flexibility index (Phi) is 3.15. The van der Waals surface area contributed by atoms with Gasteiger partial charge in [-0.3, -0.25) is 0 Å². The fourth-order valence-corrected chi connectivity index (χ4v) is 1.74. The summed E-state index contributed by atoms with van der Waals surface area (Å²) in [5, 5.41) is 19.0. The Balaban J connectivity index is 3.14. The van der Waals surface area contributed by atoms with Crippen molar-refractivity contribution < 1.29 is 5.11 Å². The molecule has 1 atom stereocenters. The Morgan fingerprint density at radius 3 is 2.71 bits per heavy atom. The van der Waals surface area contributed by atoms with Gasteiger partial charge in [0.25, 0.3) is 0 Å². The number of aliphatic hydroxyl groups is 1. The monoisotopic (exact) mass is 209 g/mol. The fraction of sp³-hybridized carbons (Fsp3) is 0.364. The normalized spacial score (nSPS) is 14.5. The van der Waals surface area contributed by atoms with Gasteiger partial charge in [0.15, 0.2) is 0 Å². The summed E-state index contributed by atoms with van der Waals surface area (Å²) in [6, 6.07) is 7.35. The quantitative estimate of drug-likeness (QED) is 0.814. The third-order valence-corrected chi connectivity index (χ3v) is 2.44. The minimum Gasteiger partial charge on any atom is -0.384 e. The largest absolute Gasteiger partial charge is 0.384 e. The van der Waals surface area contributed by atoms with Crippen molar-refractivity contribution in [3.8, 4) is 6.07 Å². The Hall–Kier alpha value is -1.04. The van der Waals surface area contributed by atoms with E-state index in [4.69, 9.17) is 16.9 Å². The molecule has 14 heavy (non-hydrogen) atoms. The first-order chi connectivity index (χ1) is 6.47. The van der Waals surface area contributed by atoms with Crippen molar-refractivity contribution in [3.05, 3.63) is 34.3 Å². The summed E-state index contributed by atoms with van der Waals surface area (Å²) in [4.78, 5) is 0. The zero-order valence-electron chi connectivity index (χ0n) is 8.21. The van der Waals surface area contributed by atoms with Crippen molar-refractivity contribution in [2.24, 2.45) is 0 Å². The van der Waals surface area contributed by atoms with E-state index in [0.717, 1.165) is 5.56 Å². The highest BCUT2D eigenvalue weighted by Crippen LogP contribution is 2.30. The van der Waals surface area contributed by atoms with Gasteiger partial charge in [0.2, 0.25) is 0 Å². The second-order valence-electron chi connectivity index (χ2n) is 3.59. The first kappa shape index (κ1) is 11.0. The molecule has 0 aliphatic rings.